The summed E-state index contributed by atoms with van der Waals surface area (Å²) in [6.07, 6.45) is 0. The van der Waals surface area contributed by atoms with Gasteiger partial charge in [0.05, 0.1) is 0 Å². The average Bonchev–Trinajstić information content (AvgIpc) is 3.02. The van der Waals surface area contributed by atoms with Crippen LogP contribution in [0.25, 0.3) is 0 Å². The van der Waals surface area contributed by atoms with Crippen LogP contribution in [0.2, 0.25) is 0 Å². The second-order valence-electron chi connectivity index (χ2n) is 5.13. The van der Waals surface area contributed by atoms with E-state index in [1.165, 1.54) is 11.3 Å². The van der Waals surface area contributed by atoms with Crippen molar-refractivity contribution in [3.05, 3.63) is 65.7 Å². The van der Waals surface area contributed by atoms with Gasteiger partial charge in [0, 0.05) is 11.3 Å². The van der Waals surface area contributed by atoms with Crippen LogP contribution >= 0.6 is 23.6 Å². The Morgan fingerprint density at radius 1 is 0.920 bits per heavy atom. The Balaban J connectivity index is 1.60. The van der Waals surface area contributed by atoms with E-state index in [1.807, 2.05) is 55.5 Å². The van der Waals surface area contributed by atoms with Crippen LogP contribution in [0.5, 0.6) is 0 Å². The van der Waals surface area contributed by atoms with Gasteiger partial charge in [0.25, 0.3) is 5.91 Å². The number of benzene rings is 2. The van der Waals surface area contributed by atoms with Crippen molar-refractivity contribution in [2.45, 2.75) is 6.92 Å². The summed E-state index contributed by atoms with van der Waals surface area (Å²) in [6.45, 7) is 1.88. The molecule has 0 aliphatic rings. The minimum Gasteiger partial charge on any atom is -0.332 e. The van der Waals surface area contributed by atoms with Gasteiger partial charge in [-0.3, -0.25) is 10.1 Å². The first kappa shape index (κ1) is 17.0. The summed E-state index contributed by atoms with van der Waals surface area (Å²) < 4.78 is 0. The summed E-state index contributed by atoms with van der Waals surface area (Å²) in [7, 11) is 0. The van der Waals surface area contributed by atoms with Gasteiger partial charge >= 0.3 is 0 Å². The van der Waals surface area contributed by atoms with E-state index >= 15 is 0 Å². The van der Waals surface area contributed by atoms with Gasteiger partial charge in [0.1, 0.15) is 0 Å². The Kier molecular flexibility index (Phi) is 5.32. The highest BCUT2D eigenvalue weighted by atomic mass is 32.1. The number of aromatic nitrogens is 2. The summed E-state index contributed by atoms with van der Waals surface area (Å²) in [4.78, 5) is 12.3. The molecule has 0 saturated heterocycles. The van der Waals surface area contributed by atoms with Crippen molar-refractivity contribution in [3.63, 3.8) is 0 Å². The topological polar surface area (TPSA) is 78.9 Å². The molecule has 1 heterocycles. The second kappa shape index (κ2) is 7.82. The van der Waals surface area contributed by atoms with Crippen LogP contribution < -0.4 is 16.0 Å². The van der Waals surface area contributed by atoms with Crippen LogP contribution in [0.15, 0.2) is 54.6 Å². The zero-order valence-corrected chi connectivity index (χ0v) is 14.9. The zero-order valence-electron chi connectivity index (χ0n) is 13.3. The molecule has 0 aliphatic carbocycles. The molecule has 0 bridgehead atoms. The molecule has 0 saturated carbocycles. The molecule has 3 N–H and O–H groups in total. The fraction of sp³-hybridized carbons (Fsp3) is 0.0588. The lowest BCUT2D eigenvalue weighted by Gasteiger charge is -2.07. The highest BCUT2D eigenvalue weighted by Crippen LogP contribution is 2.21. The highest BCUT2D eigenvalue weighted by Gasteiger charge is 2.12. The van der Waals surface area contributed by atoms with Gasteiger partial charge in [0.2, 0.25) is 10.3 Å². The van der Waals surface area contributed by atoms with Gasteiger partial charge < -0.3 is 10.6 Å². The fourth-order valence-corrected chi connectivity index (χ4v) is 3.02. The molecule has 8 heteroatoms. The molecule has 25 heavy (non-hydrogen) atoms. The normalized spacial score (nSPS) is 10.1. The standard InChI is InChI=1S/C17H15N5OS2/c1-11-7-5-6-10-13(11)14(23)19-16-21-22-17(25-16)20-15(24)18-12-8-3-2-4-9-12/h2-10H,1H3,(H,19,21,23)(H2,18,20,22,24). The summed E-state index contributed by atoms with van der Waals surface area (Å²) in [5, 5.41) is 18.0. The smallest absolute Gasteiger partial charge is 0.257 e. The lowest BCUT2D eigenvalue weighted by Crippen LogP contribution is -2.18. The number of carbonyl (C=O) groups excluding carboxylic acids is 1. The lowest BCUT2D eigenvalue weighted by molar-refractivity contribution is 0.102. The largest absolute Gasteiger partial charge is 0.332 e. The van der Waals surface area contributed by atoms with Gasteiger partial charge in [-0.05, 0) is 42.9 Å². The van der Waals surface area contributed by atoms with Gasteiger partial charge in [-0.25, -0.2) is 0 Å². The minimum absolute atomic E-state index is 0.217. The Bertz CT molecular complexity index is 895. The van der Waals surface area contributed by atoms with E-state index in [4.69, 9.17) is 12.2 Å². The molecule has 3 rings (SSSR count). The minimum atomic E-state index is -0.217. The van der Waals surface area contributed by atoms with Crippen molar-refractivity contribution in [3.8, 4) is 0 Å². The van der Waals surface area contributed by atoms with Crippen LogP contribution in [0, 0.1) is 6.92 Å². The number of para-hydroxylation sites is 1. The number of carbonyl (C=O) groups is 1. The number of nitrogens with one attached hydrogen (secondary N) is 3. The first-order valence-electron chi connectivity index (χ1n) is 7.45. The lowest BCUT2D eigenvalue weighted by atomic mass is 10.1. The zero-order chi connectivity index (χ0) is 17.6. The van der Waals surface area contributed by atoms with E-state index < -0.39 is 0 Å². The molecular formula is C17H15N5OS2. The summed E-state index contributed by atoms with van der Waals surface area (Å²) in [5.41, 5.74) is 2.38. The van der Waals surface area contributed by atoms with Crippen molar-refractivity contribution in [1.29, 1.82) is 0 Å². The predicted octanol–water partition coefficient (Wildman–Crippen LogP) is 3.91. The quantitative estimate of drug-likeness (QED) is 0.605. The first-order valence-corrected chi connectivity index (χ1v) is 8.68. The molecule has 0 fully saturated rings. The molecule has 1 amide bonds. The molecule has 2 aromatic carbocycles. The third kappa shape index (κ3) is 4.59. The van der Waals surface area contributed by atoms with Crippen molar-refractivity contribution in [2.24, 2.45) is 0 Å². The molecule has 0 radical (unpaired) electrons. The molecule has 0 atom stereocenters. The van der Waals surface area contributed by atoms with Crippen LogP contribution in [0.1, 0.15) is 15.9 Å². The first-order chi connectivity index (χ1) is 12.1. The predicted molar refractivity (Wildman–Crippen MR) is 105 cm³/mol. The van der Waals surface area contributed by atoms with Gasteiger partial charge in [0.15, 0.2) is 5.11 Å². The van der Waals surface area contributed by atoms with Gasteiger partial charge in [-0.15, -0.1) is 10.2 Å². The second-order valence-corrected chi connectivity index (χ2v) is 6.51. The molecule has 126 valence electrons. The molecular weight excluding hydrogens is 354 g/mol. The van der Waals surface area contributed by atoms with E-state index in [0.29, 0.717) is 20.9 Å². The third-order valence-corrected chi connectivity index (χ3v) is 4.25. The summed E-state index contributed by atoms with van der Waals surface area (Å²) >= 11 is 6.45. The Morgan fingerprint density at radius 2 is 1.56 bits per heavy atom. The SMILES string of the molecule is Cc1ccccc1C(=O)Nc1nnc(NC(=S)Nc2ccccc2)s1. The molecule has 1 aromatic heterocycles. The summed E-state index contributed by atoms with van der Waals surface area (Å²) in [5.74, 6) is -0.217. The monoisotopic (exact) mass is 369 g/mol. The van der Waals surface area contributed by atoms with Crippen molar-refractivity contribution in [1.82, 2.24) is 10.2 Å². The molecule has 0 spiro atoms. The molecule has 3 aromatic rings. The number of aryl methyl sites for hydroxylation is 1. The molecule has 6 nitrogen and oxygen atoms in total. The van der Waals surface area contributed by atoms with E-state index in [1.54, 1.807) is 6.07 Å². The molecule has 0 aliphatic heterocycles. The van der Waals surface area contributed by atoms with Crippen molar-refractivity contribution in [2.75, 3.05) is 16.0 Å². The Labute approximate surface area is 154 Å². The van der Waals surface area contributed by atoms with Crippen molar-refractivity contribution < 1.29 is 4.79 Å². The van der Waals surface area contributed by atoms with Crippen LogP contribution in [-0.2, 0) is 0 Å². The maximum absolute atomic E-state index is 12.3. The van der Waals surface area contributed by atoms with E-state index in [9.17, 15) is 4.79 Å². The van der Waals surface area contributed by atoms with E-state index in [0.717, 1.165) is 11.3 Å². The Morgan fingerprint density at radius 3 is 2.28 bits per heavy atom. The Hall–Kier alpha value is -2.84. The van der Waals surface area contributed by atoms with Crippen molar-refractivity contribution >= 4 is 50.5 Å². The maximum Gasteiger partial charge on any atom is 0.257 e. The number of hydrogen-bond acceptors (Lipinski definition) is 5. The maximum atomic E-state index is 12.3. The fourth-order valence-electron chi connectivity index (χ4n) is 2.10. The average molecular weight is 369 g/mol. The number of anilines is 3. The third-order valence-electron chi connectivity index (χ3n) is 3.29. The number of amides is 1. The number of thiocarbonyl (C=S) groups is 1. The van der Waals surface area contributed by atoms with E-state index in [2.05, 4.69) is 26.1 Å². The number of hydrogen-bond donors (Lipinski definition) is 3. The van der Waals surface area contributed by atoms with Crippen LogP contribution in [0.3, 0.4) is 0 Å². The number of rotatable bonds is 4. The van der Waals surface area contributed by atoms with Gasteiger partial charge in [-0.1, -0.05) is 47.7 Å². The van der Waals surface area contributed by atoms with E-state index in [-0.39, 0.29) is 5.91 Å². The van der Waals surface area contributed by atoms with Crippen LogP contribution in [0.4, 0.5) is 16.0 Å². The van der Waals surface area contributed by atoms with Gasteiger partial charge in [-0.2, -0.15) is 0 Å². The number of nitrogens with zero attached hydrogens (tertiary/aromatic N) is 2. The molecule has 0 unspecified atom stereocenters. The van der Waals surface area contributed by atoms with Crippen LogP contribution in [-0.4, -0.2) is 21.2 Å². The summed E-state index contributed by atoms with van der Waals surface area (Å²) in [6, 6.07) is 16.9. The highest BCUT2D eigenvalue weighted by molar-refractivity contribution is 7.80.